The van der Waals surface area contributed by atoms with Gasteiger partial charge in [0.05, 0.1) is 0 Å². The Balaban J connectivity index is 2.65. The first-order valence-corrected chi connectivity index (χ1v) is 7.02. The number of benzene rings is 2. The third-order valence-electron chi connectivity index (χ3n) is 4.22. The molecule has 2 rings (SSSR count). The number of aryl methyl sites for hydroxylation is 4. The average molecular weight is 266 g/mol. The molecule has 0 aliphatic carbocycles. The van der Waals surface area contributed by atoms with Gasteiger partial charge in [0.15, 0.2) is 5.78 Å². The first-order valence-electron chi connectivity index (χ1n) is 7.02. The van der Waals surface area contributed by atoms with Gasteiger partial charge in [-0.1, -0.05) is 29.8 Å². The van der Waals surface area contributed by atoms with Crippen molar-refractivity contribution in [3.8, 4) is 0 Å². The second-order valence-corrected chi connectivity index (χ2v) is 5.78. The molecule has 0 N–H and O–H groups in total. The highest BCUT2D eigenvalue weighted by atomic mass is 16.1. The Bertz CT molecular complexity index is 667. The molecule has 0 aromatic heterocycles. The lowest BCUT2D eigenvalue weighted by molar-refractivity contribution is 0.103. The molecule has 0 fully saturated rings. The summed E-state index contributed by atoms with van der Waals surface area (Å²) in [5, 5.41) is 0. The minimum atomic E-state index is 0.143. The highest BCUT2D eigenvalue weighted by molar-refractivity contribution is 6.12. The third kappa shape index (κ3) is 2.40. The van der Waals surface area contributed by atoms with E-state index < -0.39 is 0 Å². The largest absolute Gasteiger partial charge is 0.289 e. The fraction of sp³-hybridized carbons (Fsp3) is 0.316. The Morgan fingerprint density at radius 3 is 1.80 bits per heavy atom. The summed E-state index contributed by atoms with van der Waals surface area (Å²) in [7, 11) is 0. The van der Waals surface area contributed by atoms with Crippen LogP contribution in [0.5, 0.6) is 0 Å². The second-order valence-electron chi connectivity index (χ2n) is 5.78. The normalized spacial score (nSPS) is 10.7. The monoisotopic (exact) mass is 266 g/mol. The van der Waals surface area contributed by atoms with Crippen LogP contribution >= 0.6 is 0 Å². The van der Waals surface area contributed by atoms with Crippen LogP contribution in [0.3, 0.4) is 0 Å². The molecule has 0 bridgehead atoms. The Morgan fingerprint density at radius 2 is 1.30 bits per heavy atom. The third-order valence-corrected chi connectivity index (χ3v) is 4.22. The van der Waals surface area contributed by atoms with E-state index in [-0.39, 0.29) is 5.78 Å². The van der Waals surface area contributed by atoms with E-state index >= 15 is 0 Å². The van der Waals surface area contributed by atoms with E-state index in [0.29, 0.717) is 0 Å². The zero-order valence-electron chi connectivity index (χ0n) is 13.2. The molecule has 2 aromatic carbocycles. The number of hydrogen-bond acceptors (Lipinski definition) is 1. The molecule has 104 valence electrons. The van der Waals surface area contributed by atoms with Crippen molar-refractivity contribution in [2.24, 2.45) is 0 Å². The highest BCUT2D eigenvalue weighted by Crippen LogP contribution is 2.25. The lowest BCUT2D eigenvalue weighted by Gasteiger charge is -2.15. The molecule has 0 radical (unpaired) electrons. The lowest BCUT2D eigenvalue weighted by atomic mass is 9.88. The van der Waals surface area contributed by atoms with E-state index in [2.05, 4.69) is 32.9 Å². The molecule has 0 aliphatic heterocycles. The van der Waals surface area contributed by atoms with E-state index in [1.807, 2.05) is 32.9 Å². The summed E-state index contributed by atoms with van der Waals surface area (Å²) in [5.74, 6) is 0.143. The van der Waals surface area contributed by atoms with Crippen molar-refractivity contribution >= 4 is 5.78 Å². The topological polar surface area (TPSA) is 17.1 Å². The molecule has 0 spiro atoms. The molecule has 0 heterocycles. The summed E-state index contributed by atoms with van der Waals surface area (Å²) < 4.78 is 0. The Labute approximate surface area is 121 Å². The van der Waals surface area contributed by atoms with Crippen LogP contribution in [-0.2, 0) is 0 Å². The van der Waals surface area contributed by atoms with Gasteiger partial charge in [-0.3, -0.25) is 4.79 Å². The van der Waals surface area contributed by atoms with Crippen molar-refractivity contribution in [1.82, 2.24) is 0 Å². The molecule has 0 atom stereocenters. The predicted octanol–water partition coefficient (Wildman–Crippen LogP) is 4.77. The Morgan fingerprint density at radius 1 is 0.750 bits per heavy atom. The van der Waals surface area contributed by atoms with Crippen LogP contribution in [0.2, 0.25) is 0 Å². The summed E-state index contributed by atoms with van der Waals surface area (Å²) in [6.45, 7) is 12.3. The number of hydrogen-bond donors (Lipinski definition) is 0. The average Bonchev–Trinajstić information content (AvgIpc) is 2.36. The van der Waals surface area contributed by atoms with Crippen LogP contribution in [0.25, 0.3) is 0 Å². The molecule has 2 aromatic rings. The van der Waals surface area contributed by atoms with Gasteiger partial charge in [0.25, 0.3) is 0 Å². The molecule has 1 heteroatoms. The van der Waals surface area contributed by atoms with Gasteiger partial charge in [-0.2, -0.15) is 0 Å². The van der Waals surface area contributed by atoms with E-state index in [1.165, 1.54) is 16.7 Å². The van der Waals surface area contributed by atoms with Gasteiger partial charge in [0.1, 0.15) is 0 Å². The van der Waals surface area contributed by atoms with Gasteiger partial charge >= 0.3 is 0 Å². The van der Waals surface area contributed by atoms with Gasteiger partial charge < -0.3 is 0 Å². The van der Waals surface area contributed by atoms with Crippen LogP contribution in [0.1, 0.15) is 49.3 Å². The molecular formula is C19H22O. The van der Waals surface area contributed by atoms with Crippen LogP contribution in [0.4, 0.5) is 0 Å². The molecule has 0 amide bonds. The van der Waals surface area contributed by atoms with Gasteiger partial charge in [-0.05, 0) is 69.4 Å². The van der Waals surface area contributed by atoms with Crippen molar-refractivity contribution < 1.29 is 4.79 Å². The van der Waals surface area contributed by atoms with Gasteiger partial charge in [-0.15, -0.1) is 0 Å². The summed E-state index contributed by atoms with van der Waals surface area (Å²) in [4.78, 5) is 12.9. The molecule has 0 saturated carbocycles. The highest BCUT2D eigenvalue weighted by Gasteiger charge is 2.18. The lowest BCUT2D eigenvalue weighted by Crippen LogP contribution is -2.10. The van der Waals surface area contributed by atoms with E-state index in [9.17, 15) is 4.79 Å². The van der Waals surface area contributed by atoms with Crippen LogP contribution < -0.4 is 0 Å². The summed E-state index contributed by atoms with van der Waals surface area (Å²) in [5.41, 5.74) is 8.47. The first kappa shape index (κ1) is 14.5. The van der Waals surface area contributed by atoms with Crippen molar-refractivity contribution in [3.63, 3.8) is 0 Å². The Hall–Kier alpha value is -1.89. The SMILES string of the molecule is Cc1ccc(C(=O)c2c(C)c(C)cc(C)c2C)c(C)c1. The first-order chi connectivity index (χ1) is 9.32. The second kappa shape index (κ2) is 5.24. The fourth-order valence-corrected chi connectivity index (χ4v) is 2.76. The molecule has 0 aliphatic rings. The van der Waals surface area contributed by atoms with E-state index in [1.54, 1.807) is 0 Å². The minimum Gasteiger partial charge on any atom is -0.289 e. The van der Waals surface area contributed by atoms with Crippen molar-refractivity contribution in [3.05, 3.63) is 68.8 Å². The zero-order valence-corrected chi connectivity index (χ0v) is 13.2. The van der Waals surface area contributed by atoms with Crippen molar-refractivity contribution in [2.45, 2.75) is 41.5 Å². The van der Waals surface area contributed by atoms with Gasteiger partial charge in [0.2, 0.25) is 0 Å². The summed E-state index contributed by atoms with van der Waals surface area (Å²) in [6, 6.07) is 8.18. The number of carbonyl (C=O) groups excluding carboxylic acids is 1. The summed E-state index contributed by atoms with van der Waals surface area (Å²) >= 11 is 0. The summed E-state index contributed by atoms with van der Waals surface area (Å²) in [6.07, 6.45) is 0. The predicted molar refractivity (Wildman–Crippen MR) is 84.7 cm³/mol. The van der Waals surface area contributed by atoms with Crippen LogP contribution in [0, 0.1) is 41.5 Å². The Kier molecular flexibility index (Phi) is 3.80. The maximum atomic E-state index is 12.9. The zero-order chi connectivity index (χ0) is 15.0. The molecular weight excluding hydrogens is 244 g/mol. The van der Waals surface area contributed by atoms with Crippen LogP contribution in [-0.4, -0.2) is 5.78 Å². The van der Waals surface area contributed by atoms with E-state index in [4.69, 9.17) is 0 Å². The van der Waals surface area contributed by atoms with Gasteiger partial charge in [0, 0.05) is 11.1 Å². The molecule has 1 nitrogen and oxygen atoms in total. The number of ketones is 1. The maximum Gasteiger partial charge on any atom is 0.193 e. The van der Waals surface area contributed by atoms with Gasteiger partial charge in [-0.25, -0.2) is 0 Å². The van der Waals surface area contributed by atoms with E-state index in [0.717, 1.165) is 27.8 Å². The fourth-order valence-electron chi connectivity index (χ4n) is 2.76. The number of rotatable bonds is 2. The molecule has 0 unspecified atom stereocenters. The molecule has 0 saturated heterocycles. The maximum absolute atomic E-state index is 12.9. The van der Waals surface area contributed by atoms with Crippen molar-refractivity contribution in [2.75, 3.05) is 0 Å². The number of carbonyl (C=O) groups is 1. The quantitative estimate of drug-likeness (QED) is 0.716. The minimum absolute atomic E-state index is 0.143. The smallest absolute Gasteiger partial charge is 0.193 e. The van der Waals surface area contributed by atoms with Crippen molar-refractivity contribution in [1.29, 1.82) is 0 Å². The standard InChI is InChI=1S/C19H22O/c1-11-7-8-17(14(4)9-11)19(20)18-15(5)12(2)10-13(3)16(18)6/h7-10H,1-6H3. The molecule has 20 heavy (non-hydrogen) atoms. The van der Waals surface area contributed by atoms with Crippen LogP contribution in [0.15, 0.2) is 24.3 Å².